The number of hydrazine groups is 1. The van der Waals surface area contributed by atoms with Gasteiger partial charge in [0.15, 0.2) is 6.23 Å². The topological polar surface area (TPSA) is 49.9 Å². The molecular formula is C11H14N2O3S. The average molecular weight is 254 g/mol. The van der Waals surface area contributed by atoms with Crippen molar-refractivity contribution >= 4 is 10.0 Å². The Hall–Kier alpha value is -0.950. The molecule has 1 unspecified atom stereocenters. The normalized spacial score (nSPS) is 26.3. The molecule has 5 nitrogen and oxygen atoms in total. The maximum Gasteiger partial charge on any atom is 0.261 e. The molecule has 0 bridgehead atoms. The van der Waals surface area contributed by atoms with E-state index in [-0.39, 0.29) is 0 Å². The third-order valence-electron chi connectivity index (χ3n) is 3.05. The molecule has 17 heavy (non-hydrogen) atoms. The van der Waals surface area contributed by atoms with Crippen molar-refractivity contribution < 1.29 is 13.3 Å². The molecule has 2 aliphatic heterocycles. The molecule has 0 aliphatic carbocycles. The highest BCUT2D eigenvalue weighted by atomic mass is 32.2. The van der Waals surface area contributed by atoms with Gasteiger partial charge in [-0.3, -0.25) is 4.84 Å². The van der Waals surface area contributed by atoms with E-state index in [1.807, 2.05) is 6.07 Å². The maximum atomic E-state index is 12.2. The van der Waals surface area contributed by atoms with Crippen LogP contribution in [-0.4, -0.2) is 24.5 Å². The number of nitrogens with zero attached hydrogens (tertiary/aromatic N) is 2. The first-order valence-electron chi connectivity index (χ1n) is 5.74. The van der Waals surface area contributed by atoms with E-state index in [1.165, 1.54) is 9.59 Å². The van der Waals surface area contributed by atoms with Gasteiger partial charge in [-0.2, -0.15) is 0 Å². The Morgan fingerprint density at radius 1 is 1.35 bits per heavy atom. The van der Waals surface area contributed by atoms with E-state index in [2.05, 4.69) is 6.92 Å². The molecule has 0 amide bonds. The third kappa shape index (κ3) is 1.45. The number of rotatable bonds is 3. The van der Waals surface area contributed by atoms with Crippen LogP contribution in [0.4, 0.5) is 0 Å². The Balaban J connectivity index is 1.93. The van der Waals surface area contributed by atoms with Crippen LogP contribution in [0, 0.1) is 0 Å². The molecule has 1 fully saturated rings. The van der Waals surface area contributed by atoms with Crippen molar-refractivity contribution in [2.45, 2.75) is 30.9 Å². The summed E-state index contributed by atoms with van der Waals surface area (Å²) in [6, 6.07) is 6.99. The van der Waals surface area contributed by atoms with Crippen molar-refractivity contribution in [3.63, 3.8) is 0 Å². The Morgan fingerprint density at radius 2 is 2.12 bits per heavy atom. The molecule has 2 aliphatic rings. The van der Waals surface area contributed by atoms with Crippen LogP contribution in [0.3, 0.4) is 0 Å². The van der Waals surface area contributed by atoms with Crippen LogP contribution in [0.15, 0.2) is 29.2 Å². The van der Waals surface area contributed by atoms with Crippen molar-refractivity contribution in [3.05, 3.63) is 29.8 Å². The molecule has 3 rings (SSSR count). The van der Waals surface area contributed by atoms with Crippen molar-refractivity contribution in [1.29, 1.82) is 0 Å². The average Bonchev–Trinajstić information content (AvgIpc) is 2.44. The summed E-state index contributed by atoms with van der Waals surface area (Å²) in [5, 5.41) is 1.45. The van der Waals surface area contributed by atoms with E-state index in [1.54, 1.807) is 18.2 Å². The second kappa shape index (κ2) is 3.78. The summed E-state index contributed by atoms with van der Waals surface area (Å²) in [5.74, 6) is 0. The lowest BCUT2D eigenvalue weighted by Gasteiger charge is -2.43. The molecule has 2 heterocycles. The fraction of sp³-hybridized carbons (Fsp3) is 0.455. The predicted molar refractivity (Wildman–Crippen MR) is 60.9 cm³/mol. The van der Waals surface area contributed by atoms with Gasteiger partial charge in [-0.1, -0.05) is 36.0 Å². The fourth-order valence-corrected chi connectivity index (χ4v) is 3.85. The summed E-state index contributed by atoms with van der Waals surface area (Å²) in [6.07, 6.45) is 1.47. The highest BCUT2D eigenvalue weighted by Crippen LogP contribution is 2.47. The quantitative estimate of drug-likeness (QED) is 0.823. The van der Waals surface area contributed by atoms with Gasteiger partial charge >= 0.3 is 0 Å². The van der Waals surface area contributed by atoms with Gasteiger partial charge in [0, 0.05) is 12.1 Å². The van der Waals surface area contributed by atoms with E-state index in [9.17, 15) is 8.42 Å². The zero-order chi connectivity index (χ0) is 12.0. The van der Waals surface area contributed by atoms with Crippen molar-refractivity contribution in [2.24, 2.45) is 0 Å². The molecule has 0 spiro atoms. The molecule has 0 N–H and O–H groups in total. The van der Waals surface area contributed by atoms with Crippen LogP contribution >= 0.6 is 0 Å². The van der Waals surface area contributed by atoms with Crippen LogP contribution in [0.1, 0.15) is 31.6 Å². The zero-order valence-electron chi connectivity index (χ0n) is 9.54. The van der Waals surface area contributed by atoms with Gasteiger partial charge in [0.2, 0.25) is 0 Å². The van der Waals surface area contributed by atoms with Gasteiger partial charge < -0.3 is 0 Å². The van der Waals surface area contributed by atoms with Crippen LogP contribution in [0.5, 0.6) is 0 Å². The highest BCUT2D eigenvalue weighted by Gasteiger charge is 2.55. The van der Waals surface area contributed by atoms with Crippen molar-refractivity contribution in [2.75, 3.05) is 6.54 Å². The monoisotopic (exact) mass is 254 g/mol. The number of benzene rings is 1. The largest absolute Gasteiger partial charge is 0.261 e. The Bertz CT molecular complexity index is 543. The van der Waals surface area contributed by atoms with E-state index < -0.39 is 16.3 Å². The van der Waals surface area contributed by atoms with Gasteiger partial charge in [-0.15, -0.1) is 5.17 Å². The SMILES string of the molecule is CCCCN1OC2c3ccccc3S(=O)(=O)N21. The second-order valence-corrected chi connectivity index (χ2v) is 5.97. The van der Waals surface area contributed by atoms with E-state index in [0.717, 1.165) is 18.4 Å². The van der Waals surface area contributed by atoms with Crippen LogP contribution in [0.25, 0.3) is 0 Å². The molecule has 92 valence electrons. The summed E-state index contributed by atoms with van der Waals surface area (Å²) in [6.45, 7) is 2.67. The minimum atomic E-state index is -3.39. The number of sulfonamides is 1. The van der Waals surface area contributed by atoms with Crippen LogP contribution in [-0.2, 0) is 14.9 Å². The first-order chi connectivity index (χ1) is 8.16. The molecule has 0 radical (unpaired) electrons. The molecule has 0 aromatic heterocycles. The summed E-state index contributed by atoms with van der Waals surface area (Å²) in [5.41, 5.74) is 0.736. The maximum absolute atomic E-state index is 12.2. The van der Waals surface area contributed by atoms with E-state index in [4.69, 9.17) is 4.84 Å². The number of unbranched alkanes of at least 4 members (excludes halogenated alkanes) is 1. The van der Waals surface area contributed by atoms with Crippen LogP contribution < -0.4 is 0 Å². The number of fused-ring (bicyclic) bond motifs is 3. The smallest absolute Gasteiger partial charge is 0.256 e. The zero-order valence-corrected chi connectivity index (χ0v) is 10.4. The fourth-order valence-electron chi connectivity index (χ4n) is 2.16. The third-order valence-corrected chi connectivity index (χ3v) is 4.85. The summed E-state index contributed by atoms with van der Waals surface area (Å²) in [4.78, 5) is 5.87. The standard InChI is InChI=1S/C11H14N2O3S/c1-2-3-8-12-13-11(16-12)9-6-4-5-7-10(9)17(13,14)15/h4-7,11H,2-3,8H2,1H3. The summed E-state index contributed by atoms with van der Waals surface area (Å²) < 4.78 is 25.8. The Kier molecular flexibility index (Phi) is 2.48. The molecule has 1 aromatic carbocycles. The van der Waals surface area contributed by atoms with Gasteiger partial charge in [-0.05, 0) is 12.5 Å². The Labute approximate surface area is 101 Å². The molecular weight excluding hydrogens is 240 g/mol. The molecule has 1 aromatic rings. The lowest BCUT2D eigenvalue weighted by molar-refractivity contribution is -0.432. The van der Waals surface area contributed by atoms with Gasteiger partial charge in [0.1, 0.15) is 0 Å². The van der Waals surface area contributed by atoms with Gasteiger partial charge in [0.25, 0.3) is 10.0 Å². The Morgan fingerprint density at radius 3 is 2.88 bits per heavy atom. The van der Waals surface area contributed by atoms with E-state index >= 15 is 0 Å². The van der Waals surface area contributed by atoms with Gasteiger partial charge in [0.05, 0.1) is 4.90 Å². The molecule has 1 saturated heterocycles. The first kappa shape index (κ1) is 11.2. The first-order valence-corrected chi connectivity index (χ1v) is 7.18. The second-order valence-electron chi connectivity index (χ2n) is 4.20. The molecule has 6 heteroatoms. The molecule has 1 atom stereocenters. The minimum absolute atomic E-state index is 0.365. The summed E-state index contributed by atoms with van der Waals surface area (Å²) >= 11 is 0. The molecule has 0 saturated carbocycles. The van der Waals surface area contributed by atoms with Crippen molar-refractivity contribution in [1.82, 2.24) is 9.59 Å². The highest BCUT2D eigenvalue weighted by molar-refractivity contribution is 7.89. The number of hydrogen-bond acceptors (Lipinski definition) is 4. The number of hydrogen-bond donors (Lipinski definition) is 0. The van der Waals surface area contributed by atoms with Gasteiger partial charge in [-0.25, -0.2) is 8.42 Å². The van der Waals surface area contributed by atoms with Crippen LogP contribution in [0.2, 0.25) is 0 Å². The summed E-state index contributed by atoms with van der Waals surface area (Å²) in [7, 11) is -3.39. The lowest BCUT2D eigenvalue weighted by Crippen LogP contribution is -2.56. The predicted octanol–water partition coefficient (Wildman–Crippen LogP) is 1.65. The lowest BCUT2D eigenvalue weighted by atomic mass is 10.2. The van der Waals surface area contributed by atoms with E-state index in [0.29, 0.717) is 11.4 Å². The van der Waals surface area contributed by atoms with Crippen molar-refractivity contribution in [3.8, 4) is 0 Å². The number of hydroxylamine groups is 1. The minimum Gasteiger partial charge on any atom is -0.256 e.